The van der Waals surface area contributed by atoms with Gasteiger partial charge >= 0.3 is 7.83 Å². The van der Waals surface area contributed by atoms with E-state index in [9.17, 15) is 8.63 Å². The van der Waals surface area contributed by atoms with E-state index in [0.29, 0.717) is 0 Å². The molecule has 0 aliphatic heterocycles. The molecule has 1 radical (unpaired) electrons. The van der Waals surface area contributed by atoms with Gasteiger partial charge in [-0.25, -0.2) is 9.97 Å². The fraction of sp³-hybridized carbons (Fsp3) is 0.0667. The highest BCUT2D eigenvalue weighted by Crippen LogP contribution is 2.27. The summed E-state index contributed by atoms with van der Waals surface area (Å²) < 4.78 is 21.5. The number of para-hydroxylation sites is 2. The number of rotatable bonds is 2. The molecule has 0 bridgehead atoms. The number of aromatic nitrogens is 2. The van der Waals surface area contributed by atoms with Gasteiger partial charge in [-0.2, -0.15) is 0 Å². The van der Waals surface area contributed by atoms with Crippen molar-refractivity contribution in [2.75, 3.05) is 0 Å². The van der Waals surface area contributed by atoms with Crippen molar-refractivity contribution in [3.05, 3.63) is 58.5 Å². The summed E-state index contributed by atoms with van der Waals surface area (Å²) in [5.41, 5.74) is 2.17. The van der Waals surface area contributed by atoms with E-state index in [1.165, 1.54) is 9.40 Å². The van der Waals surface area contributed by atoms with E-state index >= 15 is 0 Å². The molecule has 2 aromatic carbocycles. The Kier molecular flexibility index (Phi) is 4.75. The first-order valence-corrected chi connectivity index (χ1v) is 8.14. The topological polar surface area (TPSA) is 25.8 Å². The molecular formula is C15H10BF2N2S2. The average Bonchev–Trinajstić information content (AvgIpc) is 3.10. The Bertz CT molecular complexity index is 753. The van der Waals surface area contributed by atoms with Crippen molar-refractivity contribution >= 4 is 50.9 Å². The highest BCUT2D eigenvalue weighted by molar-refractivity contribution is 7.20. The standard InChI is InChI=1S/C15H10N2S2.BF2/c1-3-7-12-10(5-1)16-14(18-12)9-15-17-11-6-2-4-8-13(11)19-15;2-1-3/h1-8H,9H2;. The first-order valence-electron chi connectivity index (χ1n) is 6.51. The molecule has 2 heterocycles. The first kappa shape index (κ1) is 15.1. The zero-order chi connectivity index (χ0) is 15.4. The third-order valence-electron chi connectivity index (χ3n) is 2.98. The van der Waals surface area contributed by atoms with Crippen LogP contribution in [-0.2, 0) is 6.42 Å². The van der Waals surface area contributed by atoms with Gasteiger partial charge < -0.3 is 0 Å². The van der Waals surface area contributed by atoms with Gasteiger partial charge in [0.2, 0.25) is 0 Å². The highest BCUT2D eigenvalue weighted by Gasteiger charge is 2.08. The first-order chi connectivity index (χ1) is 10.8. The molecule has 0 atom stereocenters. The Morgan fingerprint density at radius 3 is 1.59 bits per heavy atom. The van der Waals surface area contributed by atoms with Crippen LogP contribution in [0.3, 0.4) is 0 Å². The maximum Gasteiger partial charge on any atom is 0.577 e. The van der Waals surface area contributed by atoms with E-state index in [-0.39, 0.29) is 0 Å². The van der Waals surface area contributed by atoms with Crippen LogP contribution in [0.4, 0.5) is 8.63 Å². The van der Waals surface area contributed by atoms with Crippen molar-refractivity contribution in [2.24, 2.45) is 0 Å². The fourth-order valence-electron chi connectivity index (χ4n) is 2.12. The van der Waals surface area contributed by atoms with Crippen molar-refractivity contribution in [1.82, 2.24) is 9.97 Å². The predicted octanol–water partition coefficient (Wildman–Crippen LogP) is 4.96. The van der Waals surface area contributed by atoms with Crippen molar-refractivity contribution < 1.29 is 8.63 Å². The van der Waals surface area contributed by atoms with Crippen molar-refractivity contribution in [2.45, 2.75) is 6.42 Å². The van der Waals surface area contributed by atoms with Crippen LogP contribution >= 0.6 is 22.7 Å². The molecule has 0 saturated carbocycles. The summed E-state index contributed by atoms with van der Waals surface area (Å²) in [7, 11) is -1.00. The second-order valence-electron chi connectivity index (χ2n) is 4.41. The van der Waals surface area contributed by atoms with Crippen LogP contribution in [0.2, 0.25) is 0 Å². The van der Waals surface area contributed by atoms with Gasteiger partial charge in [0.05, 0.1) is 26.9 Å². The largest absolute Gasteiger partial charge is 0.577 e. The van der Waals surface area contributed by atoms with Gasteiger partial charge in [0.25, 0.3) is 0 Å². The second kappa shape index (κ2) is 6.94. The Morgan fingerprint density at radius 2 is 1.18 bits per heavy atom. The lowest BCUT2D eigenvalue weighted by Crippen LogP contribution is -1.84. The maximum atomic E-state index is 9.50. The number of nitrogens with zero attached hydrogens (tertiary/aromatic N) is 2. The van der Waals surface area contributed by atoms with E-state index in [4.69, 9.17) is 0 Å². The van der Waals surface area contributed by atoms with Gasteiger partial charge in [-0.1, -0.05) is 24.3 Å². The zero-order valence-electron chi connectivity index (χ0n) is 11.4. The van der Waals surface area contributed by atoms with Crippen LogP contribution in [0.1, 0.15) is 10.0 Å². The molecule has 0 aliphatic rings. The Balaban J connectivity index is 0.000000446. The van der Waals surface area contributed by atoms with E-state index in [2.05, 4.69) is 46.4 Å². The molecule has 109 valence electrons. The van der Waals surface area contributed by atoms with Crippen LogP contribution < -0.4 is 0 Å². The quantitative estimate of drug-likeness (QED) is 0.485. The molecule has 4 rings (SSSR count). The average molecular weight is 331 g/mol. The van der Waals surface area contributed by atoms with Gasteiger partial charge in [0.15, 0.2) is 0 Å². The Labute approximate surface area is 134 Å². The molecule has 4 aromatic rings. The number of thiazole rings is 2. The maximum absolute atomic E-state index is 9.50. The lowest BCUT2D eigenvalue weighted by atomic mass is 10.3. The molecule has 7 heteroatoms. The van der Waals surface area contributed by atoms with Gasteiger partial charge in [-0.05, 0) is 24.3 Å². The van der Waals surface area contributed by atoms with Crippen molar-refractivity contribution in [3.63, 3.8) is 0 Å². The lowest BCUT2D eigenvalue weighted by Gasteiger charge is -1.88. The van der Waals surface area contributed by atoms with Gasteiger partial charge in [0, 0.05) is 0 Å². The molecule has 2 nitrogen and oxygen atoms in total. The van der Waals surface area contributed by atoms with Gasteiger partial charge in [-0.15, -0.1) is 22.7 Å². The number of halogens is 2. The molecule has 22 heavy (non-hydrogen) atoms. The zero-order valence-corrected chi connectivity index (χ0v) is 13.0. The normalized spacial score (nSPS) is 10.5. The number of fused-ring (bicyclic) bond motifs is 2. The van der Waals surface area contributed by atoms with Gasteiger partial charge in [0.1, 0.15) is 10.0 Å². The lowest BCUT2D eigenvalue weighted by molar-refractivity contribution is 0.712. The molecular weight excluding hydrogens is 321 g/mol. The summed E-state index contributed by atoms with van der Waals surface area (Å²) in [6, 6.07) is 16.5. The van der Waals surface area contributed by atoms with E-state index in [1.54, 1.807) is 22.7 Å². The number of hydrogen-bond acceptors (Lipinski definition) is 4. The third-order valence-corrected chi connectivity index (χ3v) is 5.05. The second-order valence-corrected chi connectivity index (χ2v) is 6.64. The molecule has 0 N–H and O–H groups in total. The Morgan fingerprint density at radius 1 is 0.773 bits per heavy atom. The minimum Gasteiger partial charge on any atom is -0.289 e. The molecule has 0 amide bonds. The number of benzene rings is 2. The monoisotopic (exact) mass is 331 g/mol. The predicted molar refractivity (Wildman–Crippen MR) is 90.0 cm³/mol. The summed E-state index contributed by atoms with van der Waals surface area (Å²) in [6.07, 6.45) is 0.832. The molecule has 0 spiro atoms. The van der Waals surface area contributed by atoms with Crippen LogP contribution in [0, 0.1) is 0 Å². The van der Waals surface area contributed by atoms with Crippen LogP contribution in [0.25, 0.3) is 20.4 Å². The summed E-state index contributed by atoms with van der Waals surface area (Å²) in [5.74, 6) is 0. The van der Waals surface area contributed by atoms with E-state index in [1.807, 2.05) is 12.1 Å². The summed E-state index contributed by atoms with van der Waals surface area (Å²) in [5, 5.41) is 2.28. The molecule has 0 aliphatic carbocycles. The molecule has 0 saturated heterocycles. The van der Waals surface area contributed by atoms with Crippen molar-refractivity contribution in [1.29, 1.82) is 0 Å². The number of hydrogen-bond donors (Lipinski definition) is 0. The van der Waals surface area contributed by atoms with Crippen LogP contribution in [0.5, 0.6) is 0 Å². The fourth-order valence-corrected chi connectivity index (χ4v) is 4.16. The highest BCUT2D eigenvalue weighted by atomic mass is 32.1. The summed E-state index contributed by atoms with van der Waals surface area (Å²) in [6.45, 7) is 0. The van der Waals surface area contributed by atoms with E-state index in [0.717, 1.165) is 27.5 Å². The Hall–Kier alpha value is -1.86. The summed E-state index contributed by atoms with van der Waals surface area (Å²) >= 11 is 3.52. The minimum absolute atomic E-state index is 0.832. The van der Waals surface area contributed by atoms with E-state index < -0.39 is 7.83 Å². The SMILES string of the molecule is F[B]F.c1ccc2sc(Cc3nc4ccccc4s3)nc2c1. The molecule has 2 aromatic heterocycles. The third kappa shape index (κ3) is 3.31. The van der Waals surface area contributed by atoms with Crippen LogP contribution in [-0.4, -0.2) is 17.8 Å². The van der Waals surface area contributed by atoms with Crippen LogP contribution in [0.15, 0.2) is 48.5 Å². The smallest absolute Gasteiger partial charge is 0.289 e. The molecule has 0 unspecified atom stereocenters. The van der Waals surface area contributed by atoms with Crippen molar-refractivity contribution in [3.8, 4) is 0 Å². The minimum atomic E-state index is -1.00. The van der Waals surface area contributed by atoms with Gasteiger partial charge in [-0.3, -0.25) is 8.63 Å². The summed E-state index contributed by atoms with van der Waals surface area (Å²) in [4.78, 5) is 9.33. The molecule has 0 fully saturated rings.